The van der Waals surface area contributed by atoms with Gasteiger partial charge in [0.05, 0.1) is 9.49 Å². The Labute approximate surface area is 109 Å². The average molecular weight is 383 g/mol. The number of fused-ring (bicyclic) bond motifs is 1. The summed E-state index contributed by atoms with van der Waals surface area (Å²) in [5.74, 6) is 0.940. The topological polar surface area (TPSA) is 9.23 Å². The predicted molar refractivity (Wildman–Crippen MR) is 73.4 cm³/mol. The molecule has 74 valence electrons. The van der Waals surface area contributed by atoms with Gasteiger partial charge in [-0.1, -0.05) is 0 Å². The molecule has 2 rings (SSSR count). The SMILES string of the molecule is CCOc1ccc2sc(I)c(Br)c2c1. The highest BCUT2D eigenvalue weighted by Gasteiger charge is 2.07. The summed E-state index contributed by atoms with van der Waals surface area (Å²) in [6.07, 6.45) is 0. The third kappa shape index (κ3) is 1.92. The maximum atomic E-state index is 5.46. The van der Waals surface area contributed by atoms with E-state index in [2.05, 4.69) is 50.7 Å². The lowest BCUT2D eigenvalue weighted by atomic mass is 10.2. The van der Waals surface area contributed by atoms with Crippen LogP contribution in [0.3, 0.4) is 0 Å². The molecule has 4 heteroatoms. The summed E-state index contributed by atoms with van der Waals surface area (Å²) in [5, 5.41) is 1.24. The minimum absolute atomic E-state index is 0.713. The first kappa shape index (κ1) is 10.7. The van der Waals surface area contributed by atoms with Gasteiger partial charge in [0.15, 0.2) is 0 Å². The third-order valence-corrected chi connectivity index (χ3v) is 5.86. The molecule has 0 saturated heterocycles. The van der Waals surface area contributed by atoms with Crippen LogP contribution in [0.2, 0.25) is 0 Å². The summed E-state index contributed by atoms with van der Waals surface area (Å²) >= 11 is 7.71. The van der Waals surface area contributed by atoms with E-state index in [0.29, 0.717) is 6.61 Å². The van der Waals surface area contributed by atoms with Gasteiger partial charge in [-0.25, -0.2) is 0 Å². The molecule has 0 spiro atoms. The molecule has 0 saturated carbocycles. The second-order valence-corrected chi connectivity index (χ2v) is 6.44. The van der Waals surface area contributed by atoms with Gasteiger partial charge in [0, 0.05) is 14.6 Å². The standard InChI is InChI=1S/C10H8BrIOS/c1-2-13-6-3-4-8-7(5-6)9(11)10(12)14-8/h3-5H,2H2,1H3. The van der Waals surface area contributed by atoms with Crippen LogP contribution in [0, 0.1) is 2.88 Å². The van der Waals surface area contributed by atoms with Gasteiger partial charge in [-0.15, -0.1) is 11.3 Å². The largest absolute Gasteiger partial charge is 0.494 e. The van der Waals surface area contributed by atoms with Crippen molar-refractivity contribution in [2.24, 2.45) is 0 Å². The van der Waals surface area contributed by atoms with Crippen LogP contribution in [0.25, 0.3) is 10.1 Å². The number of ether oxygens (including phenoxy) is 1. The molecule has 1 heterocycles. The van der Waals surface area contributed by atoms with Crippen molar-refractivity contribution in [3.63, 3.8) is 0 Å². The van der Waals surface area contributed by atoms with E-state index in [4.69, 9.17) is 4.74 Å². The smallest absolute Gasteiger partial charge is 0.120 e. The average Bonchev–Trinajstić information content (AvgIpc) is 2.45. The molecule has 0 bridgehead atoms. The summed E-state index contributed by atoms with van der Waals surface area (Å²) in [6, 6.07) is 6.21. The van der Waals surface area contributed by atoms with E-state index in [1.807, 2.05) is 13.0 Å². The zero-order valence-corrected chi connectivity index (χ0v) is 12.1. The summed E-state index contributed by atoms with van der Waals surface area (Å²) in [5.41, 5.74) is 0. The number of rotatable bonds is 2. The minimum Gasteiger partial charge on any atom is -0.494 e. The Kier molecular flexibility index (Phi) is 3.34. The van der Waals surface area contributed by atoms with Gasteiger partial charge in [-0.05, 0) is 63.6 Å². The molecule has 2 aromatic rings. The van der Waals surface area contributed by atoms with E-state index >= 15 is 0 Å². The second-order valence-electron chi connectivity index (χ2n) is 2.78. The van der Waals surface area contributed by atoms with Crippen molar-refractivity contribution in [3.8, 4) is 5.75 Å². The quantitative estimate of drug-likeness (QED) is 0.686. The molecule has 0 atom stereocenters. The number of halogens is 2. The van der Waals surface area contributed by atoms with Crippen LogP contribution in [0.5, 0.6) is 5.75 Å². The van der Waals surface area contributed by atoms with Crippen LogP contribution in [-0.2, 0) is 0 Å². The van der Waals surface area contributed by atoms with Crippen molar-refractivity contribution in [3.05, 3.63) is 25.6 Å². The number of hydrogen-bond donors (Lipinski definition) is 0. The second kappa shape index (κ2) is 4.37. The fourth-order valence-electron chi connectivity index (χ4n) is 1.27. The van der Waals surface area contributed by atoms with Gasteiger partial charge >= 0.3 is 0 Å². The molecule has 1 aromatic heterocycles. The Balaban J connectivity index is 2.58. The lowest BCUT2D eigenvalue weighted by molar-refractivity contribution is 0.341. The van der Waals surface area contributed by atoms with E-state index in [1.165, 1.54) is 17.4 Å². The van der Waals surface area contributed by atoms with Gasteiger partial charge in [-0.3, -0.25) is 0 Å². The maximum absolute atomic E-state index is 5.46. The van der Waals surface area contributed by atoms with Gasteiger partial charge in [0.1, 0.15) is 5.75 Å². The first-order chi connectivity index (χ1) is 6.72. The minimum atomic E-state index is 0.713. The Morgan fingerprint density at radius 2 is 2.29 bits per heavy atom. The van der Waals surface area contributed by atoms with Gasteiger partial charge in [-0.2, -0.15) is 0 Å². The Morgan fingerprint density at radius 1 is 1.50 bits per heavy atom. The van der Waals surface area contributed by atoms with Gasteiger partial charge < -0.3 is 4.74 Å². The predicted octanol–water partition coefficient (Wildman–Crippen LogP) is 4.67. The highest BCUT2D eigenvalue weighted by Crippen LogP contribution is 2.38. The lowest BCUT2D eigenvalue weighted by Gasteiger charge is -2.01. The van der Waals surface area contributed by atoms with Crippen LogP contribution in [-0.4, -0.2) is 6.61 Å². The molecule has 0 aliphatic heterocycles. The highest BCUT2D eigenvalue weighted by molar-refractivity contribution is 14.1. The monoisotopic (exact) mass is 382 g/mol. The molecule has 0 fully saturated rings. The van der Waals surface area contributed by atoms with E-state index in [0.717, 1.165) is 5.75 Å². The Bertz CT molecular complexity index is 466. The van der Waals surface area contributed by atoms with Crippen LogP contribution in [0.1, 0.15) is 6.92 Å². The Hall–Kier alpha value is 0.190. The van der Waals surface area contributed by atoms with E-state index in [-0.39, 0.29) is 0 Å². The molecule has 0 aliphatic carbocycles. The molecule has 1 aromatic carbocycles. The van der Waals surface area contributed by atoms with Crippen molar-refractivity contribution in [1.29, 1.82) is 0 Å². The molecule has 1 nitrogen and oxygen atoms in total. The molecule has 0 aliphatic rings. The van der Waals surface area contributed by atoms with E-state index in [1.54, 1.807) is 11.3 Å². The number of benzene rings is 1. The summed E-state index contributed by atoms with van der Waals surface area (Å²) in [7, 11) is 0. The van der Waals surface area contributed by atoms with Gasteiger partial charge in [0.25, 0.3) is 0 Å². The zero-order chi connectivity index (χ0) is 10.1. The van der Waals surface area contributed by atoms with Crippen molar-refractivity contribution in [1.82, 2.24) is 0 Å². The maximum Gasteiger partial charge on any atom is 0.120 e. The summed E-state index contributed by atoms with van der Waals surface area (Å²) in [4.78, 5) is 0. The van der Waals surface area contributed by atoms with Crippen molar-refractivity contribution in [2.75, 3.05) is 6.61 Å². The summed E-state index contributed by atoms with van der Waals surface area (Å²) < 4.78 is 9.22. The number of thiophene rings is 1. The molecular formula is C10H8BrIOS. The highest BCUT2D eigenvalue weighted by atomic mass is 127. The molecule has 14 heavy (non-hydrogen) atoms. The van der Waals surface area contributed by atoms with E-state index < -0.39 is 0 Å². The van der Waals surface area contributed by atoms with Gasteiger partial charge in [0.2, 0.25) is 0 Å². The first-order valence-electron chi connectivity index (χ1n) is 4.22. The lowest BCUT2D eigenvalue weighted by Crippen LogP contribution is -1.89. The van der Waals surface area contributed by atoms with Crippen LogP contribution < -0.4 is 4.74 Å². The van der Waals surface area contributed by atoms with Crippen molar-refractivity contribution in [2.45, 2.75) is 6.92 Å². The first-order valence-corrected chi connectivity index (χ1v) is 6.91. The fourth-order valence-corrected chi connectivity index (χ4v) is 3.78. The summed E-state index contributed by atoms with van der Waals surface area (Å²) in [6.45, 7) is 2.71. The van der Waals surface area contributed by atoms with Crippen molar-refractivity contribution < 1.29 is 4.74 Å². The molecule has 0 amide bonds. The fraction of sp³-hybridized carbons (Fsp3) is 0.200. The molecule has 0 unspecified atom stereocenters. The number of hydrogen-bond acceptors (Lipinski definition) is 2. The Morgan fingerprint density at radius 3 is 3.00 bits per heavy atom. The van der Waals surface area contributed by atoms with Crippen LogP contribution in [0.15, 0.2) is 22.7 Å². The van der Waals surface area contributed by atoms with Crippen LogP contribution >= 0.6 is 49.9 Å². The van der Waals surface area contributed by atoms with Crippen LogP contribution in [0.4, 0.5) is 0 Å². The molecular weight excluding hydrogens is 375 g/mol. The third-order valence-electron chi connectivity index (χ3n) is 1.87. The normalized spacial score (nSPS) is 10.8. The zero-order valence-electron chi connectivity index (χ0n) is 7.51. The molecule has 0 N–H and O–H groups in total. The molecule has 0 radical (unpaired) electrons. The van der Waals surface area contributed by atoms with Crippen molar-refractivity contribution >= 4 is 59.9 Å². The van der Waals surface area contributed by atoms with E-state index in [9.17, 15) is 0 Å².